The van der Waals surface area contributed by atoms with E-state index in [4.69, 9.17) is 0 Å². The molecule has 1 aromatic carbocycles. The van der Waals surface area contributed by atoms with Gasteiger partial charge in [-0.05, 0) is 36.1 Å². The van der Waals surface area contributed by atoms with Crippen molar-refractivity contribution < 1.29 is 5.11 Å². The normalized spacial score (nSPS) is 17.9. The number of phenols is 1. The van der Waals surface area contributed by atoms with Gasteiger partial charge in [-0.2, -0.15) is 5.10 Å². The van der Waals surface area contributed by atoms with E-state index in [1.54, 1.807) is 6.07 Å². The van der Waals surface area contributed by atoms with Crippen LogP contribution in [-0.4, -0.2) is 14.9 Å². The summed E-state index contributed by atoms with van der Waals surface area (Å²) in [5.41, 5.74) is 3.50. The van der Waals surface area contributed by atoms with Crippen LogP contribution in [0.5, 0.6) is 5.75 Å². The quantitative estimate of drug-likeness (QED) is 0.865. The molecule has 3 rings (SSSR count). The van der Waals surface area contributed by atoms with Gasteiger partial charge < -0.3 is 10.4 Å². The first kappa shape index (κ1) is 11.3. The Bertz CT molecular complexity index is 562. The molecule has 94 valence electrons. The smallest absolute Gasteiger partial charge is 0.119 e. The Labute approximate surface area is 106 Å². The first-order chi connectivity index (χ1) is 8.75. The van der Waals surface area contributed by atoms with Gasteiger partial charge in [0.1, 0.15) is 5.75 Å². The van der Waals surface area contributed by atoms with Gasteiger partial charge in [0, 0.05) is 25.8 Å². The van der Waals surface area contributed by atoms with Crippen LogP contribution in [0.15, 0.2) is 30.5 Å². The predicted molar refractivity (Wildman–Crippen MR) is 69.2 cm³/mol. The Balaban J connectivity index is 1.74. The van der Waals surface area contributed by atoms with E-state index < -0.39 is 0 Å². The van der Waals surface area contributed by atoms with Gasteiger partial charge in [-0.1, -0.05) is 12.1 Å². The molecule has 2 N–H and O–H groups in total. The molecule has 4 heteroatoms. The van der Waals surface area contributed by atoms with Crippen molar-refractivity contribution in [2.75, 3.05) is 0 Å². The molecule has 1 heterocycles. The van der Waals surface area contributed by atoms with Crippen LogP contribution in [0.1, 0.15) is 29.3 Å². The van der Waals surface area contributed by atoms with Gasteiger partial charge in [0.25, 0.3) is 0 Å². The Kier molecular flexibility index (Phi) is 2.80. The molecule has 1 atom stereocenters. The summed E-state index contributed by atoms with van der Waals surface area (Å²) in [4.78, 5) is 0. The lowest BCUT2D eigenvalue weighted by Crippen LogP contribution is -2.20. The van der Waals surface area contributed by atoms with E-state index in [0.717, 1.165) is 24.9 Å². The molecule has 0 radical (unpaired) electrons. The summed E-state index contributed by atoms with van der Waals surface area (Å²) in [7, 11) is 1.95. The fraction of sp³-hybridized carbons (Fsp3) is 0.357. The third-order valence-corrected chi connectivity index (χ3v) is 3.70. The lowest BCUT2D eigenvalue weighted by molar-refractivity contribution is 0.469. The van der Waals surface area contributed by atoms with Crippen molar-refractivity contribution in [2.24, 2.45) is 7.05 Å². The van der Waals surface area contributed by atoms with Gasteiger partial charge >= 0.3 is 0 Å². The van der Waals surface area contributed by atoms with Crippen molar-refractivity contribution >= 4 is 0 Å². The molecule has 1 aliphatic rings. The topological polar surface area (TPSA) is 50.1 Å². The van der Waals surface area contributed by atoms with Crippen LogP contribution in [0.3, 0.4) is 0 Å². The highest BCUT2D eigenvalue weighted by Crippen LogP contribution is 2.36. The van der Waals surface area contributed by atoms with Crippen LogP contribution < -0.4 is 5.32 Å². The summed E-state index contributed by atoms with van der Waals surface area (Å²) in [6, 6.07) is 8.14. The predicted octanol–water partition coefficient (Wildman–Crippen LogP) is 1.90. The molecule has 1 unspecified atom stereocenters. The number of aromatic nitrogens is 2. The second-order valence-corrected chi connectivity index (χ2v) is 4.76. The highest BCUT2D eigenvalue weighted by Gasteiger charge is 2.24. The molecule has 0 spiro atoms. The standard InChI is InChI=1S/C14H17N3O/c1-17-10(7-8-16-17)9-15-13-6-5-12-11(13)3-2-4-14(12)18/h2-4,7-8,13,15,18H,5-6,9H2,1H3. The van der Waals surface area contributed by atoms with Crippen LogP contribution >= 0.6 is 0 Å². The number of phenolic OH excluding ortho intramolecular Hbond substituents is 1. The third-order valence-electron chi connectivity index (χ3n) is 3.70. The van der Waals surface area contributed by atoms with E-state index in [9.17, 15) is 5.11 Å². The van der Waals surface area contributed by atoms with Crippen LogP contribution in [-0.2, 0) is 20.0 Å². The van der Waals surface area contributed by atoms with Crippen molar-refractivity contribution in [2.45, 2.75) is 25.4 Å². The first-order valence-electron chi connectivity index (χ1n) is 6.26. The summed E-state index contributed by atoms with van der Waals surface area (Å²) in [6.07, 6.45) is 3.81. The van der Waals surface area contributed by atoms with Crippen LogP contribution in [0, 0.1) is 0 Å². The first-order valence-corrected chi connectivity index (χ1v) is 6.26. The van der Waals surface area contributed by atoms with Gasteiger partial charge in [0.15, 0.2) is 0 Å². The summed E-state index contributed by atoms with van der Waals surface area (Å²) in [5.74, 6) is 0.428. The highest BCUT2D eigenvalue weighted by atomic mass is 16.3. The van der Waals surface area contributed by atoms with Crippen molar-refractivity contribution in [3.05, 3.63) is 47.3 Å². The number of nitrogens with zero attached hydrogens (tertiary/aromatic N) is 2. The van der Waals surface area contributed by atoms with E-state index in [2.05, 4.69) is 16.5 Å². The number of rotatable bonds is 3. The van der Waals surface area contributed by atoms with Crippen molar-refractivity contribution in [1.29, 1.82) is 0 Å². The molecule has 0 bridgehead atoms. The number of aryl methyl sites for hydroxylation is 1. The Morgan fingerprint density at radius 3 is 3.11 bits per heavy atom. The van der Waals surface area contributed by atoms with Crippen LogP contribution in [0.4, 0.5) is 0 Å². The molecule has 2 aromatic rings. The zero-order chi connectivity index (χ0) is 12.5. The maximum absolute atomic E-state index is 9.80. The van der Waals surface area contributed by atoms with Crippen LogP contribution in [0.25, 0.3) is 0 Å². The number of hydrogen-bond acceptors (Lipinski definition) is 3. The molecule has 0 fully saturated rings. The van der Waals surface area contributed by atoms with Gasteiger partial charge in [-0.3, -0.25) is 4.68 Å². The fourth-order valence-corrected chi connectivity index (χ4v) is 2.65. The molecular weight excluding hydrogens is 226 g/mol. The monoisotopic (exact) mass is 243 g/mol. The van der Waals surface area contributed by atoms with E-state index >= 15 is 0 Å². The van der Waals surface area contributed by atoms with E-state index in [1.165, 1.54) is 11.3 Å². The average Bonchev–Trinajstić information content (AvgIpc) is 2.94. The molecule has 0 saturated heterocycles. The molecule has 0 saturated carbocycles. The van der Waals surface area contributed by atoms with Crippen molar-refractivity contribution in [3.63, 3.8) is 0 Å². The maximum Gasteiger partial charge on any atom is 0.119 e. The van der Waals surface area contributed by atoms with Gasteiger partial charge in [0.05, 0.1) is 5.69 Å². The van der Waals surface area contributed by atoms with Crippen molar-refractivity contribution in [1.82, 2.24) is 15.1 Å². The van der Waals surface area contributed by atoms with Crippen LogP contribution in [0.2, 0.25) is 0 Å². The van der Waals surface area contributed by atoms with Gasteiger partial charge in [-0.25, -0.2) is 0 Å². The third kappa shape index (κ3) is 1.88. The molecule has 1 aliphatic carbocycles. The minimum absolute atomic E-state index is 0.335. The number of hydrogen-bond donors (Lipinski definition) is 2. The largest absolute Gasteiger partial charge is 0.508 e. The highest BCUT2D eigenvalue weighted by molar-refractivity contribution is 5.44. The second kappa shape index (κ2) is 4.46. The molecule has 0 aliphatic heterocycles. The van der Waals surface area contributed by atoms with E-state index in [0.29, 0.717) is 11.8 Å². The lowest BCUT2D eigenvalue weighted by Gasteiger charge is -2.14. The minimum atomic E-state index is 0.335. The average molecular weight is 243 g/mol. The molecule has 0 amide bonds. The molecular formula is C14H17N3O. The molecule has 1 aromatic heterocycles. The summed E-state index contributed by atoms with van der Waals surface area (Å²) in [6.45, 7) is 0.802. The molecule has 18 heavy (non-hydrogen) atoms. The minimum Gasteiger partial charge on any atom is -0.508 e. The Morgan fingerprint density at radius 1 is 1.44 bits per heavy atom. The summed E-state index contributed by atoms with van der Waals surface area (Å²) in [5, 5.41) is 17.5. The van der Waals surface area contributed by atoms with E-state index in [1.807, 2.05) is 30.1 Å². The summed E-state index contributed by atoms with van der Waals surface area (Å²) < 4.78 is 1.88. The lowest BCUT2D eigenvalue weighted by atomic mass is 10.1. The second-order valence-electron chi connectivity index (χ2n) is 4.76. The SMILES string of the molecule is Cn1nccc1CNC1CCc2c(O)cccc21. The molecule has 4 nitrogen and oxygen atoms in total. The number of fused-ring (bicyclic) bond motifs is 1. The number of benzene rings is 1. The Hall–Kier alpha value is -1.81. The maximum atomic E-state index is 9.80. The zero-order valence-electron chi connectivity index (χ0n) is 10.4. The number of aromatic hydroxyl groups is 1. The fourth-order valence-electron chi connectivity index (χ4n) is 2.65. The Morgan fingerprint density at radius 2 is 2.33 bits per heavy atom. The summed E-state index contributed by atoms with van der Waals surface area (Å²) >= 11 is 0. The van der Waals surface area contributed by atoms with Gasteiger partial charge in [-0.15, -0.1) is 0 Å². The number of nitrogens with one attached hydrogen (secondary N) is 1. The van der Waals surface area contributed by atoms with E-state index in [-0.39, 0.29) is 0 Å². The zero-order valence-corrected chi connectivity index (χ0v) is 10.4. The van der Waals surface area contributed by atoms with Gasteiger partial charge in [0.2, 0.25) is 0 Å². The van der Waals surface area contributed by atoms with Crippen molar-refractivity contribution in [3.8, 4) is 5.75 Å².